The number of benzene rings is 1. The van der Waals surface area contributed by atoms with Crippen molar-refractivity contribution in [2.24, 2.45) is 11.7 Å². The van der Waals surface area contributed by atoms with E-state index in [1.807, 2.05) is 12.1 Å². The molecule has 0 aromatic heterocycles. The Morgan fingerprint density at radius 1 is 1.59 bits per heavy atom. The van der Waals surface area contributed by atoms with Gasteiger partial charge in [-0.2, -0.15) is 0 Å². The summed E-state index contributed by atoms with van der Waals surface area (Å²) >= 11 is 3.49. The third kappa shape index (κ3) is 2.81. The van der Waals surface area contributed by atoms with E-state index in [-0.39, 0.29) is 5.54 Å². The van der Waals surface area contributed by atoms with E-state index < -0.39 is 0 Å². The van der Waals surface area contributed by atoms with Crippen molar-refractivity contribution < 1.29 is 4.74 Å². The summed E-state index contributed by atoms with van der Waals surface area (Å²) in [5.41, 5.74) is 7.05. The van der Waals surface area contributed by atoms with Gasteiger partial charge < -0.3 is 15.8 Å². The highest BCUT2D eigenvalue weighted by Gasteiger charge is 2.37. The zero-order chi connectivity index (χ0) is 12.3. The molecule has 0 radical (unpaired) electrons. The van der Waals surface area contributed by atoms with Gasteiger partial charge in [0.2, 0.25) is 0 Å². The summed E-state index contributed by atoms with van der Waals surface area (Å²) in [6, 6.07) is 8.21. The summed E-state index contributed by atoms with van der Waals surface area (Å²) in [5, 5.41) is 3.60. The van der Waals surface area contributed by atoms with E-state index in [0.717, 1.165) is 29.8 Å². The van der Waals surface area contributed by atoms with Crippen LogP contribution in [-0.4, -0.2) is 25.3 Å². The first-order chi connectivity index (χ1) is 8.16. The topological polar surface area (TPSA) is 47.3 Å². The van der Waals surface area contributed by atoms with Crippen molar-refractivity contribution in [3.8, 4) is 0 Å². The molecule has 0 saturated carbocycles. The molecule has 1 heterocycles. The Kier molecular flexibility index (Phi) is 4.07. The summed E-state index contributed by atoms with van der Waals surface area (Å²) in [6.45, 7) is 4.38. The van der Waals surface area contributed by atoms with Gasteiger partial charge in [-0.3, -0.25) is 0 Å². The first kappa shape index (κ1) is 12.9. The minimum atomic E-state index is -0.0426. The van der Waals surface area contributed by atoms with Crippen LogP contribution in [0.25, 0.3) is 0 Å². The monoisotopic (exact) mass is 298 g/mol. The highest BCUT2D eigenvalue weighted by atomic mass is 79.9. The third-order valence-electron chi connectivity index (χ3n) is 3.59. The van der Waals surface area contributed by atoms with E-state index in [1.54, 1.807) is 0 Å². The molecular weight excluding hydrogens is 280 g/mol. The maximum Gasteiger partial charge on any atom is 0.0564 e. The van der Waals surface area contributed by atoms with Gasteiger partial charge in [0, 0.05) is 29.2 Å². The second kappa shape index (κ2) is 5.38. The molecule has 2 unspecified atom stereocenters. The van der Waals surface area contributed by atoms with E-state index in [2.05, 4.69) is 40.3 Å². The lowest BCUT2D eigenvalue weighted by Crippen LogP contribution is -2.55. The average Bonchev–Trinajstić information content (AvgIpc) is 2.32. The van der Waals surface area contributed by atoms with E-state index >= 15 is 0 Å². The van der Waals surface area contributed by atoms with Crippen molar-refractivity contribution in [1.29, 1.82) is 0 Å². The van der Waals surface area contributed by atoms with Crippen LogP contribution in [-0.2, 0) is 4.74 Å². The normalized spacial score (nSPS) is 29.0. The first-order valence-electron chi connectivity index (χ1n) is 5.98. The zero-order valence-electron chi connectivity index (χ0n) is 10.1. The molecule has 0 aliphatic carbocycles. The molecule has 3 nitrogen and oxygen atoms in total. The predicted octanol–water partition coefficient (Wildman–Crippen LogP) is 2.61. The van der Waals surface area contributed by atoms with Crippen LogP contribution in [0.4, 0.5) is 5.69 Å². The van der Waals surface area contributed by atoms with Crippen LogP contribution in [0.2, 0.25) is 0 Å². The second-order valence-corrected chi connectivity index (χ2v) is 5.64. The lowest BCUT2D eigenvalue weighted by molar-refractivity contribution is 0.0205. The lowest BCUT2D eigenvalue weighted by Gasteiger charge is -2.43. The number of ether oxygens (including phenoxy) is 1. The lowest BCUT2D eigenvalue weighted by atomic mass is 9.81. The van der Waals surface area contributed by atoms with Gasteiger partial charge in [0.25, 0.3) is 0 Å². The molecule has 1 aromatic rings. The predicted molar refractivity (Wildman–Crippen MR) is 74.2 cm³/mol. The molecule has 1 saturated heterocycles. The summed E-state index contributed by atoms with van der Waals surface area (Å²) < 4.78 is 6.57. The average molecular weight is 299 g/mol. The fourth-order valence-electron chi connectivity index (χ4n) is 2.31. The highest BCUT2D eigenvalue weighted by molar-refractivity contribution is 9.10. The Balaban J connectivity index is 2.18. The molecule has 0 amide bonds. The Morgan fingerprint density at radius 2 is 2.41 bits per heavy atom. The van der Waals surface area contributed by atoms with E-state index in [1.165, 1.54) is 0 Å². The molecule has 0 bridgehead atoms. The van der Waals surface area contributed by atoms with Crippen LogP contribution in [0.1, 0.15) is 13.3 Å². The van der Waals surface area contributed by atoms with Crippen molar-refractivity contribution in [3.63, 3.8) is 0 Å². The molecule has 1 fully saturated rings. The maximum atomic E-state index is 5.98. The fraction of sp³-hybridized carbons (Fsp3) is 0.538. The van der Waals surface area contributed by atoms with E-state index in [9.17, 15) is 0 Å². The molecule has 1 aliphatic heterocycles. The Hall–Kier alpha value is -0.580. The minimum absolute atomic E-state index is 0.0426. The standard InChI is InChI=1S/C13H19BrN2O/c1-10-8-17-6-5-13(10,9-15)16-12-4-2-3-11(14)7-12/h2-4,7,10,16H,5-6,8-9,15H2,1H3. The number of hydrogen-bond donors (Lipinski definition) is 2. The maximum absolute atomic E-state index is 5.98. The summed E-state index contributed by atoms with van der Waals surface area (Å²) in [5.74, 6) is 0.417. The molecule has 1 aromatic carbocycles. The van der Waals surface area contributed by atoms with E-state index in [0.29, 0.717) is 12.5 Å². The smallest absolute Gasteiger partial charge is 0.0564 e. The highest BCUT2D eigenvalue weighted by Crippen LogP contribution is 2.30. The van der Waals surface area contributed by atoms with Crippen LogP contribution in [0.5, 0.6) is 0 Å². The Labute approximate surface area is 111 Å². The largest absolute Gasteiger partial charge is 0.381 e. The third-order valence-corrected chi connectivity index (χ3v) is 4.08. The van der Waals surface area contributed by atoms with E-state index in [4.69, 9.17) is 10.5 Å². The van der Waals surface area contributed by atoms with Gasteiger partial charge in [0.15, 0.2) is 0 Å². The number of nitrogens with one attached hydrogen (secondary N) is 1. The number of nitrogens with two attached hydrogens (primary N) is 1. The summed E-state index contributed by atoms with van der Waals surface area (Å²) in [6.07, 6.45) is 0.956. The molecule has 0 spiro atoms. The second-order valence-electron chi connectivity index (χ2n) is 4.72. The van der Waals surface area contributed by atoms with Gasteiger partial charge in [-0.1, -0.05) is 28.9 Å². The molecular formula is C13H19BrN2O. The van der Waals surface area contributed by atoms with Gasteiger partial charge in [0.05, 0.1) is 12.1 Å². The molecule has 2 rings (SSSR count). The fourth-order valence-corrected chi connectivity index (χ4v) is 2.71. The molecule has 2 atom stereocenters. The summed E-state index contributed by atoms with van der Waals surface area (Å²) in [4.78, 5) is 0. The van der Waals surface area contributed by atoms with Crippen molar-refractivity contribution in [2.45, 2.75) is 18.9 Å². The van der Waals surface area contributed by atoms with Crippen molar-refractivity contribution in [3.05, 3.63) is 28.7 Å². The first-order valence-corrected chi connectivity index (χ1v) is 6.77. The Morgan fingerprint density at radius 3 is 3.06 bits per heavy atom. The number of hydrogen-bond acceptors (Lipinski definition) is 3. The SMILES string of the molecule is CC1COCCC1(CN)Nc1cccc(Br)c1. The molecule has 4 heteroatoms. The van der Waals surface area contributed by atoms with Crippen LogP contribution in [0.15, 0.2) is 28.7 Å². The molecule has 3 N–H and O–H groups in total. The zero-order valence-corrected chi connectivity index (χ0v) is 11.7. The van der Waals surface area contributed by atoms with Gasteiger partial charge in [0.1, 0.15) is 0 Å². The van der Waals surface area contributed by atoms with Crippen LogP contribution >= 0.6 is 15.9 Å². The number of rotatable bonds is 3. The van der Waals surface area contributed by atoms with Crippen LogP contribution in [0.3, 0.4) is 0 Å². The Bertz CT molecular complexity index is 385. The molecule has 17 heavy (non-hydrogen) atoms. The summed E-state index contributed by atoms with van der Waals surface area (Å²) in [7, 11) is 0. The number of anilines is 1. The number of halogens is 1. The van der Waals surface area contributed by atoms with Crippen LogP contribution < -0.4 is 11.1 Å². The van der Waals surface area contributed by atoms with Crippen molar-refractivity contribution in [1.82, 2.24) is 0 Å². The molecule has 1 aliphatic rings. The van der Waals surface area contributed by atoms with Gasteiger partial charge >= 0.3 is 0 Å². The van der Waals surface area contributed by atoms with Gasteiger partial charge in [-0.25, -0.2) is 0 Å². The van der Waals surface area contributed by atoms with Gasteiger partial charge in [-0.15, -0.1) is 0 Å². The van der Waals surface area contributed by atoms with Gasteiger partial charge in [-0.05, 0) is 24.6 Å². The molecule has 94 valence electrons. The minimum Gasteiger partial charge on any atom is -0.381 e. The van der Waals surface area contributed by atoms with Crippen molar-refractivity contribution in [2.75, 3.05) is 25.1 Å². The quantitative estimate of drug-likeness (QED) is 0.902. The van der Waals surface area contributed by atoms with Crippen molar-refractivity contribution >= 4 is 21.6 Å². The van der Waals surface area contributed by atoms with Crippen LogP contribution in [0, 0.1) is 5.92 Å².